The molecule has 4 aromatic carbocycles. The molecule has 0 saturated carbocycles. The van der Waals surface area contributed by atoms with Crippen LogP contribution in [-0.4, -0.2) is 117 Å². The summed E-state index contributed by atoms with van der Waals surface area (Å²) in [6, 6.07) is 19.4. The van der Waals surface area contributed by atoms with Crippen molar-refractivity contribution >= 4 is 0 Å². The summed E-state index contributed by atoms with van der Waals surface area (Å²) >= 11 is 0. The first-order chi connectivity index (χ1) is 44.2. The molecular formula is C76H108N12O4. The van der Waals surface area contributed by atoms with Crippen molar-refractivity contribution < 1.29 is 18.9 Å². The van der Waals surface area contributed by atoms with Crippen LogP contribution in [0.25, 0.3) is 0 Å². The van der Waals surface area contributed by atoms with Crippen molar-refractivity contribution in [3.05, 3.63) is 190 Å². The first kappa shape index (κ1) is 69.1. The number of aromatic nitrogens is 8. The minimum absolute atomic E-state index is 0.178. The zero-order valence-corrected chi connectivity index (χ0v) is 57.7. The molecule has 0 fully saturated rings. The van der Waals surface area contributed by atoms with Gasteiger partial charge in [-0.25, -0.2) is 19.9 Å². The molecule has 0 aliphatic heterocycles. The zero-order valence-electron chi connectivity index (χ0n) is 57.7. The lowest BCUT2D eigenvalue weighted by Crippen LogP contribution is -2.25. The molecule has 16 heteroatoms. The number of rotatable bonds is 32. The number of nitrogens with zero attached hydrogens (tertiary/aromatic N) is 8. The predicted octanol–water partition coefficient (Wildman–Crippen LogP) is 12.6. The summed E-state index contributed by atoms with van der Waals surface area (Å²) in [7, 11) is 0. The Hall–Kier alpha value is -7.24. The monoisotopic (exact) mass is 1250 g/mol. The molecule has 4 heterocycles. The van der Waals surface area contributed by atoms with Gasteiger partial charge < -0.3 is 58.5 Å². The highest BCUT2D eigenvalue weighted by Gasteiger charge is 2.30. The van der Waals surface area contributed by atoms with E-state index in [9.17, 15) is 0 Å². The minimum Gasteiger partial charge on any atom is -0.492 e. The summed E-state index contributed by atoms with van der Waals surface area (Å²) in [4.78, 5) is 17.0. The van der Waals surface area contributed by atoms with Crippen molar-refractivity contribution in [3.63, 3.8) is 0 Å². The Morgan fingerprint density at radius 3 is 0.663 bits per heavy atom. The molecule has 0 atom stereocenters. The highest BCUT2D eigenvalue weighted by atomic mass is 16.5. The molecule has 0 spiro atoms. The standard InChI is InChI=1S/C76H108N12O4/c1-73(2,3)65-45-57-41-59-47-66(74(4,5)6)49-61(70(59)90-38-26-78-18-14-30-86-34-22-82-54-86)43-63-51-68(76(10,11)12)52-64(72(63)92-40-28-80-20-16-32-88-36-24-84-56-88)44-62-50-67(75(7,8)9)48-60(71(62)91-39-27-79-19-15-31-87-35-23-83-55-87)42-58(46-65)69(57)89-37-25-77-17-13-29-85-33-21-81-53-85/h21-24,33-36,45-56,77-80H,13-20,25-32,37-44H2,1-12H3. The number of fused-ring (bicyclic) bond motifs is 8. The van der Waals surface area contributed by atoms with Crippen LogP contribution < -0.4 is 40.2 Å². The second-order valence-corrected chi connectivity index (χ2v) is 29.2. The van der Waals surface area contributed by atoms with E-state index in [1.54, 1.807) is 0 Å². The fourth-order valence-electron chi connectivity index (χ4n) is 12.0. The predicted molar refractivity (Wildman–Crippen MR) is 373 cm³/mol. The van der Waals surface area contributed by atoms with Crippen LogP contribution in [0.15, 0.2) is 123 Å². The molecule has 0 radical (unpaired) electrons. The lowest BCUT2D eigenvalue weighted by molar-refractivity contribution is 0.301. The number of aryl methyl sites for hydroxylation is 4. The lowest BCUT2D eigenvalue weighted by atomic mass is 9.79. The number of ether oxygens (including phenoxy) is 4. The van der Waals surface area contributed by atoms with Gasteiger partial charge in [-0.1, -0.05) is 132 Å². The third-order valence-electron chi connectivity index (χ3n) is 17.4. The molecule has 9 rings (SSSR count). The molecule has 496 valence electrons. The van der Waals surface area contributed by atoms with Crippen LogP contribution in [-0.2, 0) is 73.5 Å². The summed E-state index contributed by atoms with van der Waals surface area (Å²) in [6.07, 6.45) is 29.4. The average Bonchev–Trinajstić information content (AvgIpc) is 1.02. The molecule has 8 bridgehead atoms. The van der Waals surface area contributed by atoms with E-state index in [4.69, 9.17) is 18.9 Å². The average molecular weight is 1250 g/mol. The molecule has 0 saturated heterocycles. The van der Waals surface area contributed by atoms with Gasteiger partial charge in [-0.2, -0.15) is 0 Å². The Balaban J connectivity index is 1.18. The van der Waals surface area contributed by atoms with Gasteiger partial charge in [0.1, 0.15) is 49.4 Å². The van der Waals surface area contributed by atoms with Crippen LogP contribution in [0.4, 0.5) is 0 Å². The summed E-state index contributed by atoms with van der Waals surface area (Å²) in [5, 5.41) is 14.9. The third-order valence-corrected chi connectivity index (χ3v) is 17.4. The van der Waals surface area contributed by atoms with Gasteiger partial charge in [0.2, 0.25) is 0 Å². The SMILES string of the molecule is CC(C)(C)c1cc2c(OCCNCCCn3ccnc3)c(c1)Cc1cc(C(C)(C)C)cc(c1OCCNCCCn1ccnc1)Cc1cc(C(C)(C)C)cc(c1OCCNCCCn1ccnc1)Cc1cc(C(C)(C)C)cc(c1OCCNCCCn1ccnc1)C2. The van der Waals surface area contributed by atoms with Crippen molar-refractivity contribution in [2.45, 2.75) is 182 Å². The normalized spacial score (nSPS) is 13.0. The minimum atomic E-state index is -0.178. The van der Waals surface area contributed by atoms with E-state index in [0.717, 1.165) is 146 Å². The number of imidazole rings is 4. The first-order valence-electron chi connectivity index (χ1n) is 34.0. The van der Waals surface area contributed by atoms with Gasteiger partial charge in [0.05, 0.1) is 25.3 Å². The Labute approximate surface area is 550 Å². The molecule has 4 aromatic heterocycles. The van der Waals surface area contributed by atoms with E-state index in [0.29, 0.717) is 78.3 Å². The van der Waals surface area contributed by atoms with Crippen LogP contribution in [0, 0.1) is 0 Å². The highest BCUT2D eigenvalue weighted by Crippen LogP contribution is 2.44. The maximum Gasteiger partial charge on any atom is 0.126 e. The maximum atomic E-state index is 7.34. The summed E-state index contributed by atoms with van der Waals surface area (Å²) < 4.78 is 37.9. The second-order valence-electron chi connectivity index (χ2n) is 29.2. The van der Waals surface area contributed by atoms with E-state index in [1.807, 2.05) is 74.9 Å². The zero-order chi connectivity index (χ0) is 65.1. The Morgan fingerprint density at radius 1 is 0.304 bits per heavy atom. The second kappa shape index (κ2) is 32.5. The smallest absolute Gasteiger partial charge is 0.126 e. The Morgan fingerprint density at radius 2 is 0.500 bits per heavy atom. The Kier molecular flexibility index (Phi) is 24.5. The summed E-state index contributed by atoms with van der Waals surface area (Å²) in [6.45, 7) is 39.9. The molecular weight excluding hydrogens is 1140 g/mol. The van der Waals surface area contributed by atoms with Crippen molar-refractivity contribution in [1.29, 1.82) is 0 Å². The topological polar surface area (TPSA) is 156 Å². The maximum absolute atomic E-state index is 7.34. The van der Waals surface area contributed by atoms with E-state index in [1.165, 1.54) is 22.3 Å². The van der Waals surface area contributed by atoms with Gasteiger partial charge in [-0.15, -0.1) is 0 Å². The third kappa shape index (κ3) is 20.4. The van der Waals surface area contributed by atoms with Crippen molar-refractivity contribution in [1.82, 2.24) is 59.5 Å². The van der Waals surface area contributed by atoms with Crippen LogP contribution in [0.3, 0.4) is 0 Å². The summed E-state index contributed by atoms with van der Waals surface area (Å²) in [5.74, 6) is 3.71. The fraction of sp³-hybridized carbons (Fsp3) is 0.526. The molecule has 4 N–H and O–H groups in total. The number of hydrogen-bond acceptors (Lipinski definition) is 12. The molecule has 16 nitrogen and oxygen atoms in total. The first-order valence-corrected chi connectivity index (χ1v) is 34.0. The van der Waals surface area contributed by atoms with Gasteiger partial charge in [0.15, 0.2) is 0 Å². The highest BCUT2D eigenvalue weighted by molar-refractivity contribution is 5.60. The molecule has 1 aliphatic rings. The van der Waals surface area contributed by atoms with Crippen molar-refractivity contribution in [3.8, 4) is 23.0 Å². The fourth-order valence-corrected chi connectivity index (χ4v) is 12.0. The summed E-state index contributed by atoms with van der Waals surface area (Å²) in [5.41, 5.74) is 13.5. The molecule has 0 amide bonds. The number of nitrogens with one attached hydrogen (secondary N) is 4. The molecule has 8 aromatic rings. The van der Waals surface area contributed by atoms with Crippen LogP contribution in [0.5, 0.6) is 23.0 Å². The van der Waals surface area contributed by atoms with Gasteiger partial charge >= 0.3 is 0 Å². The Bertz CT molecular complexity index is 2940. The van der Waals surface area contributed by atoms with E-state index < -0.39 is 0 Å². The van der Waals surface area contributed by atoms with Gasteiger partial charge in [0, 0.05) is 128 Å². The quantitative estimate of drug-likeness (QED) is 0.0297. The van der Waals surface area contributed by atoms with Crippen molar-refractivity contribution in [2.24, 2.45) is 0 Å². The lowest BCUT2D eigenvalue weighted by Gasteiger charge is -2.29. The van der Waals surface area contributed by atoms with Crippen LogP contribution in [0.1, 0.15) is 176 Å². The van der Waals surface area contributed by atoms with Crippen molar-refractivity contribution in [2.75, 3.05) is 78.8 Å². The molecule has 0 unspecified atom stereocenters. The van der Waals surface area contributed by atoms with E-state index >= 15 is 0 Å². The van der Waals surface area contributed by atoms with Gasteiger partial charge in [-0.3, -0.25) is 0 Å². The number of hydrogen-bond donors (Lipinski definition) is 4. The molecule has 92 heavy (non-hydrogen) atoms. The van der Waals surface area contributed by atoms with Gasteiger partial charge in [0.25, 0.3) is 0 Å². The largest absolute Gasteiger partial charge is 0.492 e. The van der Waals surface area contributed by atoms with Crippen LogP contribution in [0.2, 0.25) is 0 Å². The molecule has 1 aliphatic carbocycles. The van der Waals surface area contributed by atoms with E-state index in [-0.39, 0.29) is 21.7 Å². The van der Waals surface area contributed by atoms with Gasteiger partial charge in [-0.05, 0) is 140 Å². The van der Waals surface area contributed by atoms with E-state index in [2.05, 4.69) is 191 Å². The van der Waals surface area contributed by atoms with Crippen LogP contribution >= 0.6 is 0 Å². The number of benzene rings is 4.